The van der Waals surface area contributed by atoms with Crippen molar-refractivity contribution in [1.82, 2.24) is 4.90 Å². The highest BCUT2D eigenvalue weighted by molar-refractivity contribution is 5.80. The molecule has 1 aromatic carbocycles. The van der Waals surface area contributed by atoms with Gasteiger partial charge in [0.05, 0.1) is 12.5 Å². The first-order valence-electron chi connectivity index (χ1n) is 7.01. The second-order valence-corrected chi connectivity index (χ2v) is 5.42. The monoisotopic (exact) mass is 260 g/mol. The van der Waals surface area contributed by atoms with Gasteiger partial charge in [-0.05, 0) is 18.9 Å². The molecule has 4 nitrogen and oxygen atoms in total. The molecule has 2 N–H and O–H groups in total. The summed E-state index contributed by atoms with van der Waals surface area (Å²) in [5.41, 5.74) is 7.12. The number of nitrogens with zero attached hydrogens (tertiary/aromatic N) is 1. The summed E-state index contributed by atoms with van der Waals surface area (Å²) in [6.45, 7) is 1.85. The van der Waals surface area contributed by atoms with Crippen molar-refractivity contribution in [2.24, 2.45) is 11.7 Å². The number of benzene rings is 1. The summed E-state index contributed by atoms with van der Waals surface area (Å²) in [6.07, 6.45) is 2.97. The van der Waals surface area contributed by atoms with Crippen LogP contribution in [-0.4, -0.2) is 30.0 Å². The lowest BCUT2D eigenvalue weighted by molar-refractivity contribution is -0.136. The Labute approximate surface area is 113 Å². The minimum Gasteiger partial charge on any atom is -0.491 e. The molecule has 4 heteroatoms. The van der Waals surface area contributed by atoms with E-state index >= 15 is 0 Å². The molecule has 1 aliphatic heterocycles. The lowest BCUT2D eigenvalue weighted by Crippen LogP contribution is -2.42. The summed E-state index contributed by atoms with van der Waals surface area (Å²) in [5.74, 6) is 1.10. The zero-order valence-electron chi connectivity index (χ0n) is 11.0. The highest BCUT2D eigenvalue weighted by Gasteiger charge is 2.34. The van der Waals surface area contributed by atoms with Gasteiger partial charge in [-0.1, -0.05) is 24.6 Å². The van der Waals surface area contributed by atoms with Crippen molar-refractivity contribution in [3.05, 3.63) is 29.8 Å². The Morgan fingerprint density at radius 2 is 2.16 bits per heavy atom. The number of hydrogen-bond donors (Lipinski definition) is 1. The summed E-state index contributed by atoms with van der Waals surface area (Å²) >= 11 is 0. The number of hydrogen-bond acceptors (Lipinski definition) is 3. The molecule has 1 aliphatic carbocycles. The van der Waals surface area contributed by atoms with Crippen LogP contribution in [0.5, 0.6) is 5.75 Å². The van der Waals surface area contributed by atoms with Gasteiger partial charge in [-0.15, -0.1) is 0 Å². The Morgan fingerprint density at radius 3 is 2.95 bits per heavy atom. The van der Waals surface area contributed by atoms with Crippen LogP contribution in [0.25, 0.3) is 0 Å². The molecule has 1 amide bonds. The standard InChI is InChI=1S/C15H20N2O2/c16-13-6-3-5-12(13)15(18)17-8-9-19-14-7-2-1-4-11(14)10-17/h1-2,4,7,12-13H,3,5-6,8-10,16H2. The van der Waals surface area contributed by atoms with Crippen molar-refractivity contribution in [2.75, 3.05) is 13.2 Å². The van der Waals surface area contributed by atoms with Crippen LogP contribution in [0.2, 0.25) is 0 Å². The van der Waals surface area contributed by atoms with Gasteiger partial charge in [0.2, 0.25) is 5.91 Å². The summed E-state index contributed by atoms with van der Waals surface area (Å²) in [5, 5.41) is 0. The van der Waals surface area contributed by atoms with Gasteiger partial charge >= 0.3 is 0 Å². The van der Waals surface area contributed by atoms with Gasteiger partial charge in [-0.25, -0.2) is 0 Å². The van der Waals surface area contributed by atoms with Gasteiger partial charge in [0.1, 0.15) is 12.4 Å². The van der Waals surface area contributed by atoms with Crippen molar-refractivity contribution in [3.8, 4) is 5.75 Å². The Morgan fingerprint density at radius 1 is 1.32 bits per heavy atom. The summed E-state index contributed by atoms with van der Waals surface area (Å²) in [6, 6.07) is 7.97. The summed E-state index contributed by atoms with van der Waals surface area (Å²) < 4.78 is 5.69. The number of nitrogens with two attached hydrogens (primary N) is 1. The Kier molecular flexibility index (Phi) is 3.42. The molecule has 19 heavy (non-hydrogen) atoms. The first-order chi connectivity index (χ1) is 9.25. The van der Waals surface area contributed by atoms with Gasteiger partial charge in [0, 0.05) is 18.2 Å². The second-order valence-electron chi connectivity index (χ2n) is 5.42. The lowest BCUT2D eigenvalue weighted by atomic mass is 10.0. The van der Waals surface area contributed by atoms with E-state index in [-0.39, 0.29) is 17.9 Å². The van der Waals surface area contributed by atoms with E-state index in [1.165, 1.54) is 0 Å². The average molecular weight is 260 g/mol. The zero-order valence-corrected chi connectivity index (χ0v) is 11.0. The molecule has 0 radical (unpaired) electrons. The van der Waals surface area contributed by atoms with Gasteiger partial charge in [-0.3, -0.25) is 4.79 Å². The van der Waals surface area contributed by atoms with Crippen LogP contribution in [0.1, 0.15) is 24.8 Å². The number of ether oxygens (including phenoxy) is 1. The third kappa shape index (κ3) is 2.45. The van der Waals surface area contributed by atoms with E-state index in [1.54, 1.807) is 0 Å². The molecule has 1 saturated carbocycles. The van der Waals surface area contributed by atoms with E-state index in [2.05, 4.69) is 0 Å². The lowest BCUT2D eigenvalue weighted by Gasteiger charge is -2.25. The molecule has 2 atom stereocenters. The highest BCUT2D eigenvalue weighted by atomic mass is 16.5. The van der Waals surface area contributed by atoms with Crippen molar-refractivity contribution < 1.29 is 9.53 Å². The molecule has 0 saturated heterocycles. The first kappa shape index (κ1) is 12.5. The van der Waals surface area contributed by atoms with Crippen LogP contribution < -0.4 is 10.5 Å². The Bertz CT molecular complexity index is 475. The second kappa shape index (κ2) is 5.21. The maximum Gasteiger partial charge on any atom is 0.227 e. The molecule has 102 valence electrons. The number of fused-ring (bicyclic) bond motifs is 1. The maximum absolute atomic E-state index is 12.6. The topological polar surface area (TPSA) is 55.6 Å². The van der Waals surface area contributed by atoms with E-state index in [0.717, 1.165) is 30.6 Å². The number of carbonyl (C=O) groups excluding carboxylic acids is 1. The fourth-order valence-electron chi connectivity index (χ4n) is 3.04. The fraction of sp³-hybridized carbons (Fsp3) is 0.533. The number of amides is 1. The van der Waals surface area contributed by atoms with Crippen LogP contribution in [0.3, 0.4) is 0 Å². The molecule has 0 spiro atoms. The van der Waals surface area contributed by atoms with Crippen molar-refractivity contribution in [1.29, 1.82) is 0 Å². The van der Waals surface area contributed by atoms with E-state index < -0.39 is 0 Å². The molecule has 1 heterocycles. The van der Waals surface area contributed by atoms with Gasteiger partial charge < -0.3 is 15.4 Å². The number of carbonyl (C=O) groups is 1. The van der Waals surface area contributed by atoms with Crippen molar-refractivity contribution in [3.63, 3.8) is 0 Å². The largest absolute Gasteiger partial charge is 0.491 e. The quantitative estimate of drug-likeness (QED) is 0.833. The molecule has 0 aromatic heterocycles. The minimum absolute atomic E-state index is 0.00487. The van der Waals surface area contributed by atoms with Gasteiger partial charge in [0.25, 0.3) is 0 Å². The molecule has 1 aromatic rings. The first-order valence-corrected chi connectivity index (χ1v) is 7.01. The van der Waals surface area contributed by atoms with Crippen molar-refractivity contribution >= 4 is 5.91 Å². The molecule has 0 bridgehead atoms. The van der Waals surface area contributed by atoms with Crippen LogP contribution in [0.4, 0.5) is 0 Å². The predicted octanol–water partition coefficient (Wildman–Crippen LogP) is 1.53. The van der Waals surface area contributed by atoms with E-state index in [9.17, 15) is 4.79 Å². The summed E-state index contributed by atoms with van der Waals surface area (Å²) in [4.78, 5) is 14.5. The average Bonchev–Trinajstić information content (AvgIpc) is 2.73. The third-order valence-corrected chi connectivity index (χ3v) is 4.15. The number of para-hydroxylation sites is 1. The molecular weight excluding hydrogens is 240 g/mol. The molecule has 3 rings (SSSR count). The third-order valence-electron chi connectivity index (χ3n) is 4.15. The van der Waals surface area contributed by atoms with Crippen LogP contribution >= 0.6 is 0 Å². The van der Waals surface area contributed by atoms with E-state index in [4.69, 9.17) is 10.5 Å². The highest BCUT2D eigenvalue weighted by Crippen LogP contribution is 2.28. The van der Waals surface area contributed by atoms with Crippen LogP contribution in [0, 0.1) is 5.92 Å². The van der Waals surface area contributed by atoms with Gasteiger partial charge in [0.15, 0.2) is 0 Å². The fourth-order valence-corrected chi connectivity index (χ4v) is 3.04. The summed E-state index contributed by atoms with van der Waals surface area (Å²) in [7, 11) is 0. The minimum atomic E-state index is 0.00487. The van der Waals surface area contributed by atoms with Gasteiger partial charge in [-0.2, -0.15) is 0 Å². The molecule has 2 unspecified atom stereocenters. The smallest absolute Gasteiger partial charge is 0.227 e. The number of rotatable bonds is 1. The maximum atomic E-state index is 12.6. The molecule has 2 aliphatic rings. The Balaban J connectivity index is 1.77. The predicted molar refractivity (Wildman–Crippen MR) is 72.7 cm³/mol. The Hall–Kier alpha value is -1.55. The van der Waals surface area contributed by atoms with Crippen LogP contribution in [-0.2, 0) is 11.3 Å². The molecule has 1 fully saturated rings. The molecular formula is C15H20N2O2. The van der Waals surface area contributed by atoms with Crippen LogP contribution in [0.15, 0.2) is 24.3 Å². The van der Waals surface area contributed by atoms with Crippen molar-refractivity contribution in [2.45, 2.75) is 31.8 Å². The van der Waals surface area contributed by atoms with E-state index in [0.29, 0.717) is 19.7 Å². The zero-order chi connectivity index (χ0) is 13.2. The SMILES string of the molecule is NC1CCCC1C(=O)N1CCOc2ccccc2C1. The van der Waals surface area contributed by atoms with E-state index in [1.807, 2.05) is 29.2 Å². The normalized spacial score (nSPS) is 26.5.